The summed E-state index contributed by atoms with van der Waals surface area (Å²) in [6, 6.07) is 11.0. The third-order valence-corrected chi connectivity index (χ3v) is 7.54. The maximum atomic E-state index is 12.9. The van der Waals surface area contributed by atoms with Crippen LogP contribution in [0.15, 0.2) is 42.5 Å². The van der Waals surface area contributed by atoms with E-state index >= 15 is 0 Å². The molecule has 10 heteroatoms. The molecule has 0 aromatic heterocycles. The molecule has 34 heavy (non-hydrogen) atoms. The molecule has 2 aromatic rings. The predicted octanol–water partition coefficient (Wildman–Crippen LogP) is 4.56. The number of ether oxygens (including phenoxy) is 1. The van der Waals surface area contributed by atoms with Crippen LogP contribution in [0.5, 0.6) is 0 Å². The third-order valence-electron chi connectivity index (χ3n) is 6.04. The first-order chi connectivity index (χ1) is 16.2. The Bertz CT molecular complexity index is 1140. The highest BCUT2D eigenvalue weighted by Crippen LogP contribution is 2.43. The first-order valence-corrected chi connectivity index (χ1v) is 11.9. The van der Waals surface area contributed by atoms with Crippen molar-refractivity contribution >= 4 is 69.9 Å². The summed E-state index contributed by atoms with van der Waals surface area (Å²) >= 11 is 18.5. The van der Waals surface area contributed by atoms with Gasteiger partial charge < -0.3 is 10.1 Å². The monoisotopic (exact) mass is 522 g/mol. The van der Waals surface area contributed by atoms with E-state index in [1.165, 1.54) is 18.2 Å². The molecule has 1 N–H and O–H groups in total. The number of nitrogens with zero attached hydrogens (tertiary/aromatic N) is 1. The normalized spacial score (nSPS) is 24.1. The maximum absolute atomic E-state index is 12.9. The fraction of sp³-hybridized carbons (Fsp3) is 0.333. The molecule has 0 spiro atoms. The summed E-state index contributed by atoms with van der Waals surface area (Å²) in [6.45, 7) is 1.32. The number of alkyl halides is 2. The number of anilines is 2. The van der Waals surface area contributed by atoms with Gasteiger partial charge in [-0.15, -0.1) is 23.2 Å². The average molecular weight is 524 g/mol. The van der Waals surface area contributed by atoms with Crippen LogP contribution < -0.4 is 10.2 Å². The fourth-order valence-electron chi connectivity index (χ4n) is 4.20. The number of rotatable bonds is 5. The smallest absolute Gasteiger partial charge is 0.338 e. The summed E-state index contributed by atoms with van der Waals surface area (Å²) in [6.07, 6.45) is 0.648. The van der Waals surface area contributed by atoms with Gasteiger partial charge in [-0.1, -0.05) is 23.7 Å². The lowest BCUT2D eigenvalue weighted by atomic mass is 9.80. The largest absolute Gasteiger partial charge is 0.452 e. The lowest BCUT2D eigenvalue weighted by Gasteiger charge is -2.28. The number of carbonyl (C=O) groups is 4. The molecule has 4 rings (SSSR count). The highest BCUT2D eigenvalue weighted by Gasteiger charge is 2.52. The van der Waals surface area contributed by atoms with Crippen LogP contribution in [0.25, 0.3) is 0 Å². The lowest BCUT2D eigenvalue weighted by Crippen LogP contribution is -2.34. The quantitative estimate of drug-likeness (QED) is 0.352. The van der Waals surface area contributed by atoms with Crippen molar-refractivity contribution in [3.8, 4) is 0 Å². The van der Waals surface area contributed by atoms with Crippen molar-refractivity contribution in [2.24, 2.45) is 11.8 Å². The van der Waals surface area contributed by atoms with E-state index < -0.39 is 30.3 Å². The van der Waals surface area contributed by atoms with Crippen LogP contribution in [0.2, 0.25) is 5.02 Å². The molecule has 3 amide bonds. The molecule has 1 aliphatic carbocycles. The van der Waals surface area contributed by atoms with E-state index in [0.717, 1.165) is 10.5 Å². The van der Waals surface area contributed by atoms with E-state index in [0.29, 0.717) is 23.6 Å². The fourth-order valence-corrected chi connectivity index (χ4v) is 4.97. The Balaban J connectivity index is 1.41. The molecule has 7 nitrogen and oxygen atoms in total. The van der Waals surface area contributed by atoms with Gasteiger partial charge >= 0.3 is 5.97 Å². The van der Waals surface area contributed by atoms with Gasteiger partial charge in [0.25, 0.3) is 5.91 Å². The van der Waals surface area contributed by atoms with Gasteiger partial charge in [0.2, 0.25) is 11.8 Å². The lowest BCUT2D eigenvalue weighted by molar-refractivity contribution is -0.122. The van der Waals surface area contributed by atoms with Crippen molar-refractivity contribution in [1.29, 1.82) is 0 Å². The molecule has 0 bridgehead atoms. The summed E-state index contributed by atoms with van der Waals surface area (Å²) in [5, 5.41) is 2.33. The molecule has 1 saturated carbocycles. The van der Waals surface area contributed by atoms with Crippen LogP contribution in [0, 0.1) is 18.8 Å². The van der Waals surface area contributed by atoms with Crippen LogP contribution in [-0.4, -0.2) is 41.1 Å². The Hall–Kier alpha value is -2.61. The van der Waals surface area contributed by atoms with Gasteiger partial charge in [0.05, 0.1) is 33.8 Å². The van der Waals surface area contributed by atoms with Gasteiger partial charge in [-0.2, -0.15) is 0 Å². The molecule has 0 radical (unpaired) electrons. The van der Waals surface area contributed by atoms with Crippen LogP contribution >= 0.6 is 34.8 Å². The Morgan fingerprint density at radius 1 is 1.03 bits per heavy atom. The summed E-state index contributed by atoms with van der Waals surface area (Å²) < 4.78 is 5.10. The second-order valence-electron chi connectivity index (χ2n) is 8.37. The van der Waals surface area contributed by atoms with Gasteiger partial charge in [-0.25, -0.2) is 4.79 Å². The number of aryl methyl sites for hydroxylation is 1. The number of nitrogens with one attached hydrogen (secondary N) is 1. The zero-order chi connectivity index (χ0) is 24.6. The molecule has 2 aromatic carbocycles. The number of esters is 1. The molecular formula is C24H21Cl3N2O5. The van der Waals surface area contributed by atoms with Crippen molar-refractivity contribution in [2.45, 2.75) is 30.5 Å². The van der Waals surface area contributed by atoms with Crippen LogP contribution in [0.1, 0.15) is 28.8 Å². The van der Waals surface area contributed by atoms with Crippen molar-refractivity contribution < 1.29 is 23.9 Å². The standard InChI is InChI=1S/C24H21Cl3N2O5/c1-12-5-6-14(8-18(12)25)28-21(30)11-34-24(33)13-3-2-4-15(7-13)29-22(31)16-9-19(26)20(27)10-17(16)23(29)32/h2-8,16-17,19-20H,9-11H2,1H3,(H,28,30)/t16-,17-,19+,20+/m1/s1. The maximum Gasteiger partial charge on any atom is 0.338 e. The van der Waals surface area contributed by atoms with Crippen molar-refractivity contribution in [2.75, 3.05) is 16.8 Å². The average Bonchev–Trinajstić information content (AvgIpc) is 3.04. The summed E-state index contributed by atoms with van der Waals surface area (Å²) in [7, 11) is 0. The Kier molecular flexibility index (Phi) is 7.17. The second kappa shape index (κ2) is 9.94. The van der Waals surface area contributed by atoms with Gasteiger partial charge in [-0.3, -0.25) is 19.3 Å². The molecule has 1 saturated heterocycles. The molecule has 4 atom stereocenters. The van der Waals surface area contributed by atoms with Gasteiger partial charge in [0.1, 0.15) is 0 Å². The first-order valence-electron chi connectivity index (χ1n) is 10.6. The molecule has 2 fully saturated rings. The van der Waals surface area contributed by atoms with Crippen molar-refractivity contribution in [1.82, 2.24) is 0 Å². The van der Waals surface area contributed by atoms with E-state index in [1.54, 1.807) is 24.3 Å². The van der Waals surface area contributed by atoms with Gasteiger partial charge in [0, 0.05) is 10.7 Å². The second-order valence-corrected chi connectivity index (χ2v) is 9.90. The zero-order valence-electron chi connectivity index (χ0n) is 18.1. The number of halogens is 3. The van der Waals surface area contributed by atoms with Gasteiger partial charge in [0.15, 0.2) is 6.61 Å². The molecule has 178 valence electrons. The minimum absolute atomic E-state index is 0.101. The number of carbonyl (C=O) groups excluding carboxylic acids is 4. The SMILES string of the molecule is Cc1ccc(NC(=O)COC(=O)c2cccc(N3C(=O)[C@@H]4C[C@H](Cl)[C@@H](Cl)C[C@H]4C3=O)c2)cc1Cl. The summed E-state index contributed by atoms with van der Waals surface area (Å²) in [5.74, 6) is -3.07. The van der Waals surface area contributed by atoms with E-state index in [1.807, 2.05) is 6.92 Å². The van der Waals surface area contributed by atoms with Crippen molar-refractivity contribution in [3.63, 3.8) is 0 Å². The van der Waals surface area contributed by atoms with E-state index in [4.69, 9.17) is 39.5 Å². The van der Waals surface area contributed by atoms with Crippen LogP contribution in [0.4, 0.5) is 11.4 Å². The highest BCUT2D eigenvalue weighted by atomic mass is 35.5. The topological polar surface area (TPSA) is 92.8 Å². The molecule has 1 aliphatic heterocycles. The minimum atomic E-state index is -0.767. The molecular weight excluding hydrogens is 503 g/mol. The number of amides is 3. The summed E-state index contributed by atoms with van der Waals surface area (Å²) in [4.78, 5) is 51.6. The molecule has 0 unspecified atom stereocenters. The Morgan fingerprint density at radius 2 is 1.68 bits per heavy atom. The Labute approximate surface area is 211 Å². The van der Waals surface area contributed by atoms with Crippen LogP contribution in [-0.2, 0) is 19.1 Å². The molecule has 1 heterocycles. The molecule has 2 aliphatic rings. The minimum Gasteiger partial charge on any atom is -0.452 e. The number of fused-ring (bicyclic) bond motifs is 1. The third kappa shape index (κ3) is 4.92. The zero-order valence-corrected chi connectivity index (χ0v) is 20.4. The summed E-state index contributed by atoms with van der Waals surface area (Å²) in [5.41, 5.74) is 1.70. The predicted molar refractivity (Wildman–Crippen MR) is 130 cm³/mol. The first kappa shape index (κ1) is 24.5. The van der Waals surface area contributed by atoms with E-state index in [9.17, 15) is 19.2 Å². The Morgan fingerprint density at radius 3 is 2.29 bits per heavy atom. The van der Waals surface area contributed by atoms with E-state index in [2.05, 4.69) is 5.32 Å². The number of imide groups is 1. The van der Waals surface area contributed by atoms with Crippen LogP contribution in [0.3, 0.4) is 0 Å². The number of hydrogen-bond donors (Lipinski definition) is 1. The van der Waals surface area contributed by atoms with E-state index in [-0.39, 0.29) is 33.8 Å². The number of hydrogen-bond acceptors (Lipinski definition) is 5. The van der Waals surface area contributed by atoms with Gasteiger partial charge in [-0.05, 0) is 55.7 Å². The number of benzene rings is 2. The van der Waals surface area contributed by atoms with Crippen molar-refractivity contribution in [3.05, 3.63) is 58.6 Å². The highest BCUT2D eigenvalue weighted by molar-refractivity contribution is 6.32.